The van der Waals surface area contributed by atoms with E-state index >= 15 is 0 Å². The SMILES string of the molecule is CCc1ccc(N2CCc3cc(C=C=Cc4c(C(=O)O)[nH]n(-c5ccccc5)c4=O)ccc32)cc1. The van der Waals surface area contributed by atoms with Crippen LogP contribution in [0.3, 0.4) is 0 Å². The molecular weight excluding hydrogens is 438 g/mol. The number of aromatic carboxylic acids is 1. The predicted octanol–water partition coefficient (Wildman–Crippen LogP) is 5.45. The summed E-state index contributed by atoms with van der Waals surface area (Å²) in [5, 5.41) is 12.3. The Bertz CT molecular complexity index is 1510. The van der Waals surface area contributed by atoms with Crippen LogP contribution >= 0.6 is 0 Å². The quantitative estimate of drug-likeness (QED) is 0.373. The fourth-order valence-electron chi connectivity index (χ4n) is 4.42. The van der Waals surface area contributed by atoms with E-state index in [0.29, 0.717) is 5.69 Å². The van der Waals surface area contributed by atoms with Gasteiger partial charge in [0.25, 0.3) is 5.56 Å². The van der Waals surface area contributed by atoms with Crippen LogP contribution in [0.2, 0.25) is 0 Å². The second-order valence-corrected chi connectivity index (χ2v) is 8.45. The van der Waals surface area contributed by atoms with E-state index in [2.05, 4.69) is 59.1 Å². The molecule has 0 aliphatic carbocycles. The summed E-state index contributed by atoms with van der Waals surface area (Å²) in [6.07, 6.45) is 5.16. The number of carboxylic acids is 1. The molecule has 174 valence electrons. The van der Waals surface area contributed by atoms with Crippen LogP contribution in [-0.4, -0.2) is 27.4 Å². The number of anilines is 2. The molecule has 0 radical (unpaired) electrons. The lowest BCUT2D eigenvalue weighted by Crippen LogP contribution is -2.15. The molecule has 0 unspecified atom stereocenters. The highest BCUT2D eigenvalue weighted by atomic mass is 16.4. The highest BCUT2D eigenvalue weighted by molar-refractivity contribution is 5.90. The third-order valence-corrected chi connectivity index (χ3v) is 6.29. The molecule has 0 atom stereocenters. The van der Waals surface area contributed by atoms with Crippen LogP contribution in [0.1, 0.15) is 39.7 Å². The van der Waals surface area contributed by atoms with Crippen LogP contribution in [0.4, 0.5) is 11.4 Å². The normalized spacial score (nSPS) is 12.2. The lowest BCUT2D eigenvalue weighted by atomic mass is 10.1. The number of benzene rings is 3. The Morgan fingerprint density at radius 2 is 1.80 bits per heavy atom. The number of carboxylic acid groups (broad SMARTS) is 1. The largest absolute Gasteiger partial charge is 0.477 e. The Kier molecular flexibility index (Phi) is 5.96. The number of aromatic nitrogens is 2. The number of nitrogens with one attached hydrogen (secondary N) is 1. The number of fused-ring (bicyclic) bond motifs is 1. The molecule has 1 aromatic heterocycles. The van der Waals surface area contributed by atoms with Crippen molar-refractivity contribution in [3.8, 4) is 5.69 Å². The van der Waals surface area contributed by atoms with E-state index in [1.165, 1.54) is 33.3 Å². The number of aromatic amines is 1. The average molecular weight is 464 g/mol. The predicted molar refractivity (Wildman–Crippen MR) is 139 cm³/mol. The summed E-state index contributed by atoms with van der Waals surface area (Å²) in [7, 11) is 0. The molecule has 2 heterocycles. The minimum atomic E-state index is -1.20. The first kappa shape index (κ1) is 22.3. The summed E-state index contributed by atoms with van der Waals surface area (Å²) in [5.74, 6) is -1.20. The maximum Gasteiger partial charge on any atom is 0.354 e. The maximum absolute atomic E-state index is 12.9. The molecule has 4 aromatic rings. The molecule has 0 spiro atoms. The van der Waals surface area contributed by atoms with Crippen molar-refractivity contribution in [2.75, 3.05) is 11.4 Å². The summed E-state index contributed by atoms with van der Waals surface area (Å²) < 4.78 is 1.23. The molecule has 0 fully saturated rings. The van der Waals surface area contributed by atoms with Crippen LogP contribution in [0.5, 0.6) is 0 Å². The average Bonchev–Trinajstić information content (AvgIpc) is 3.45. The smallest absolute Gasteiger partial charge is 0.354 e. The summed E-state index contributed by atoms with van der Waals surface area (Å²) in [6.45, 7) is 3.08. The molecule has 5 rings (SSSR count). The van der Waals surface area contributed by atoms with Crippen LogP contribution in [0.25, 0.3) is 17.8 Å². The van der Waals surface area contributed by atoms with E-state index in [1.807, 2.05) is 12.1 Å². The van der Waals surface area contributed by atoms with Gasteiger partial charge >= 0.3 is 5.97 Å². The van der Waals surface area contributed by atoms with E-state index in [0.717, 1.165) is 24.9 Å². The Labute approximate surface area is 203 Å². The fourth-order valence-corrected chi connectivity index (χ4v) is 4.42. The van der Waals surface area contributed by atoms with E-state index in [-0.39, 0.29) is 11.3 Å². The molecule has 6 nitrogen and oxygen atoms in total. The van der Waals surface area contributed by atoms with E-state index in [4.69, 9.17) is 0 Å². The number of aryl methyl sites for hydroxylation is 1. The van der Waals surface area contributed by atoms with Gasteiger partial charge in [0.05, 0.1) is 11.3 Å². The first-order valence-corrected chi connectivity index (χ1v) is 11.6. The van der Waals surface area contributed by atoms with Gasteiger partial charge in [0.15, 0.2) is 5.69 Å². The van der Waals surface area contributed by atoms with Crippen molar-refractivity contribution in [1.82, 2.24) is 9.78 Å². The number of hydrogen-bond acceptors (Lipinski definition) is 3. The number of H-pyrrole nitrogens is 1. The Morgan fingerprint density at radius 3 is 2.51 bits per heavy atom. The highest BCUT2D eigenvalue weighted by Gasteiger charge is 2.21. The van der Waals surface area contributed by atoms with E-state index in [9.17, 15) is 14.7 Å². The molecule has 0 saturated heterocycles. The minimum absolute atomic E-state index is 0.0560. The van der Waals surface area contributed by atoms with Crippen LogP contribution < -0.4 is 10.5 Å². The summed E-state index contributed by atoms with van der Waals surface area (Å²) in [4.78, 5) is 26.9. The first-order chi connectivity index (χ1) is 17.0. The molecular formula is C29H25N3O3. The van der Waals surface area contributed by atoms with Crippen molar-refractivity contribution >= 4 is 29.5 Å². The summed E-state index contributed by atoms with van der Waals surface area (Å²) >= 11 is 0. The zero-order valence-electron chi connectivity index (χ0n) is 19.4. The maximum atomic E-state index is 12.9. The van der Waals surface area contributed by atoms with Crippen molar-refractivity contribution in [2.45, 2.75) is 19.8 Å². The van der Waals surface area contributed by atoms with E-state index < -0.39 is 11.5 Å². The van der Waals surface area contributed by atoms with Gasteiger partial charge in [0, 0.05) is 17.9 Å². The molecule has 35 heavy (non-hydrogen) atoms. The van der Waals surface area contributed by atoms with Gasteiger partial charge in [-0.25, -0.2) is 9.48 Å². The van der Waals surface area contributed by atoms with Crippen LogP contribution in [0.15, 0.2) is 83.3 Å². The highest BCUT2D eigenvalue weighted by Crippen LogP contribution is 2.35. The van der Waals surface area contributed by atoms with Gasteiger partial charge in [-0.05, 0) is 78.1 Å². The monoisotopic (exact) mass is 463 g/mol. The third-order valence-electron chi connectivity index (χ3n) is 6.29. The lowest BCUT2D eigenvalue weighted by molar-refractivity contribution is 0.0689. The number of carbonyl (C=O) groups is 1. The van der Waals surface area contributed by atoms with Gasteiger partial charge in [-0.3, -0.25) is 9.89 Å². The van der Waals surface area contributed by atoms with Gasteiger partial charge in [-0.15, -0.1) is 5.73 Å². The molecule has 1 aliphatic rings. The second kappa shape index (κ2) is 9.37. The van der Waals surface area contributed by atoms with Crippen molar-refractivity contribution in [2.24, 2.45) is 0 Å². The number of nitrogens with zero attached hydrogens (tertiary/aromatic N) is 2. The standard InChI is InChI=1S/C29H25N3O3/c1-2-20-11-14-23(15-12-20)31-18-17-22-19-21(13-16-26(22)31)7-6-10-25-27(29(34)35)30-32(28(25)33)24-8-4-3-5-9-24/h3-5,7-16,19,30H,2,17-18H2,1H3,(H,34,35). The lowest BCUT2D eigenvalue weighted by Gasteiger charge is -2.20. The Hall–Kier alpha value is -4.54. The van der Waals surface area contributed by atoms with Gasteiger partial charge in [0.2, 0.25) is 0 Å². The van der Waals surface area contributed by atoms with Gasteiger partial charge < -0.3 is 10.0 Å². The molecule has 0 bridgehead atoms. The molecule has 0 amide bonds. The summed E-state index contributed by atoms with van der Waals surface area (Å²) in [6, 6.07) is 23.8. The molecule has 3 aromatic carbocycles. The fraction of sp³-hybridized carbons (Fsp3) is 0.138. The number of rotatable bonds is 6. The topological polar surface area (TPSA) is 78.3 Å². The van der Waals surface area contributed by atoms with Crippen LogP contribution in [-0.2, 0) is 12.8 Å². The van der Waals surface area contributed by atoms with Gasteiger partial charge in [-0.2, -0.15) is 0 Å². The van der Waals surface area contributed by atoms with Gasteiger partial charge in [-0.1, -0.05) is 43.3 Å². The van der Waals surface area contributed by atoms with Crippen molar-refractivity contribution in [3.63, 3.8) is 0 Å². The molecule has 6 heteroatoms. The minimum Gasteiger partial charge on any atom is -0.477 e. The number of hydrogen-bond donors (Lipinski definition) is 2. The van der Waals surface area contributed by atoms with Crippen molar-refractivity contribution < 1.29 is 9.90 Å². The molecule has 2 N–H and O–H groups in total. The van der Waals surface area contributed by atoms with E-state index in [1.54, 1.807) is 30.3 Å². The first-order valence-electron chi connectivity index (χ1n) is 11.6. The van der Waals surface area contributed by atoms with Crippen molar-refractivity contribution in [3.05, 3.63) is 117 Å². The third kappa shape index (κ3) is 4.35. The van der Waals surface area contributed by atoms with Gasteiger partial charge in [0.1, 0.15) is 0 Å². The van der Waals surface area contributed by atoms with Crippen molar-refractivity contribution in [1.29, 1.82) is 0 Å². The molecule has 1 aliphatic heterocycles. The van der Waals surface area contributed by atoms with Crippen LogP contribution in [0, 0.1) is 0 Å². The zero-order valence-corrected chi connectivity index (χ0v) is 19.4. The zero-order chi connectivity index (χ0) is 24.4. The molecule has 0 saturated carbocycles. The Balaban J connectivity index is 1.42. The summed E-state index contributed by atoms with van der Waals surface area (Å²) in [5.41, 5.74) is 8.92. The Morgan fingerprint density at radius 1 is 1.03 bits per heavy atom. The number of para-hydroxylation sites is 1. The second-order valence-electron chi connectivity index (χ2n) is 8.45.